The first kappa shape index (κ1) is 21.0. The van der Waals surface area contributed by atoms with Crippen LogP contribution in [0.5, 0.6) is 0 Å². The smallest absolute Gasteiger partial charge is 0.163 e. The third kappa shape index (κ3) is 6.43. The molecule has 0 saturated heterocycles. The van der Waals surface area contributed by atoms with E-state index in [9.17, 15) is 0 Å². The van der Waals surface area contributed by atoms with Crippen LogP contribution < -0.4 is 11.5 Å². The molecule has 2 heterocycles. The predicted octanol–water partition coefficient (Wildman–Crippen LogP) is 0.747. The summed E-state index contributed by atoms with van der Waals surface area (Å²) in [6, 6.07) is 3.91. The second-order valence-corrected chi connectivity index (χ2v) is 4.98. The van der Waals surface area contributed by atoms with Gasteiger partial charge in [0.05, 0.1) is 32.5 Å². The summed E-state index contributed by atoms with van der Waals surface area (Å²) in [6.45, 7) is 7.57. The number of hydrogen-bond acceptors (Lipinski definition) is 8. The molecule has 0 atom stereocenters. The maximum Gasteiger partial charge on any atom is 0.163 e. The highest BCUT2D eigenvalue weighted by Crippen LogP contribution is 2.08. The van der Waals surface area contributed by atoms with Crippen LogP contribution in [0.3, 0.4) is 0 Å². The van der Waals surface area contributed by atoms with Crippen molar-refractivity contribution in [3.63, 3.8) is 0 Å². The summed E-state index contributed by atoms with van der Waals surface area (Å²) in [4.78, 5) is 0. The Kier molecular flexibility index (Phi) is 9.25. The molecule has 4 N–H and O–H groups in total. The Balaban J connectivity index is 0.000000260. The summed E-state index contributed by atoms with van der Waals surface area (Å²) in [5.74, 6) is 0.682. The first-order valence-corrected chi connectivity index (χ1v) is 8.17. The van der Waals surface area contributed by atoms with Gasteiger partial charge in [0.2, 0.25) is 0 Å². The van der Waals surface area contributed by atoms with Gasteiger partial charge in [-0.2, -0.15) is 20.7 Å². The van der Waals surface area contributed by atoms with Gasteiger partial charge >= 0.3 is 0 Å². The van der Waals surface area contributed by atoms with Crippen molar-refractivity contribution < 1.29 is 9.47 Å². The molecule has 2 aromatic rings. The Bertz CT molecular complexity index is 741. The van der Waals surface area contributed by atoms with E-state index in [-0.39, 0.29) is 5.82 Å². The molecule has 26 heavy (non-hydrogen) atoms. The molecule has 0 unspecified atom stereocenters. The van der Waals surface area contributed by atoms with Gasteiger partial charge in [0.25, 0.3) is 0 Å². The second kappa shape index (κ2) is 11.5. The lowest BCUT2D eigenvalue weighted by atomic mass is 10.4. The van der Waals surface area contributed by atoms with E-state index in [4.69, 9.17) is 31.5 Å². The van der Waals surface area contributed by atoms with Crippen molar-refractivity contribution in [3.8, 4) is 12.1 Å². The average molecular weight is 360 g/mol. The monoisotopic (exact) mass is 360 g/mol. The number of rotatable bonds is 8. The predicted molar refractivity (Wildman–Crippen MR) is 95.7 cm³/mol. The molecule has 0 bridgehead atoms. The van der Waals surface area contributed by atoms with E-state index in [1.54, 1.807) is 15.6 Å². The number of nitriles is 2. The number of nitrogens with zero attached hydrogens (tertiary/aromatic N) is 6. The van der Waals surface area contributed by atoms with Crippen LogP contribution in [0.1, 0.15) is 25.0 Å². The summed E-state index contributed by atoms with van der Waals surface area (Å²) >= 11 is 0. The third-order valence-corrected chi connectivity index (χ3v) is 3.23. The van der Waals surface area contributed by atoms with Crippen molar-refractivity contribution in [2.75, 3.05) is 37.9 Å². The largest absolute Gasteiger partial charge is 0.383 e. The van der Waals surface area contributed by atoms with E-state index in [2.05, 4.69) is 10.2 Å². The molecule has 0 amide bonds. The van der Waals surface area contributed by atoms with Gasteiger partial charge in [0.1, 0.15) is 29.1 Å². The number of nitrogen functional groups attached to an aromatic ring is 2. The minimum absolute atomic E-state index is 0.277. The summed E-state index contributed by atoms with van der Waals surface area (Å²) in [5.41, 5.74) is 11.9. The Morgan fingerprint density at radius 3 is 2.15 bits per heavy atom. The average Bonchev–Trinajstić information content (AvgIpc) is 3.18. The molecule has 10 heteroatoms. The van der Waals surface area contributed by atoms with Crippen LogP contribution in [0, 0.1) is 22.7 Å². The minimum atomic E-state index is 0.277. The molecule has 0 saturated carbocycles. The number of nitrogens with two attached hydrogens (primary N) is 2. The van der Waals surface area contributed by atoms with Crippen molar-refractivity contribution in [1.29, 1.82) is 10.5 Å². The fraction of sp³-hybridized carbons (Fsp3) is 0.500. The quantitative estimate of drug-likeness (QED) is 0.653. The Morgan fingerprint density at radius 1 is 1.04 bits per heavy atom. The van der Waals surface area contributed by atoms with Gasteiger partial charge in [-0.15, -0.1) is 0 Å². The van der Waals surface area contributed by atoms with Crippen LogP contribution in [0.25, 0.3) is 0 Å². The van der Waals surface area contributed by atoms with Crippen LogP contribution in [-0.4, -0.2) is 46.0 Å². The number of aromatic nitrogens is 4. The zero-order chi connectivity index (χ0) is 19.4. The molecule has 0 spiro atoms. The van der Waals surface area contributed by atoms with Crippen LogP contribution >= 0.6 is 0 Å². The molecule has 0 aromatic carbocycles. The molecule has 2 rings (SSSR count). The number of ether oxygens (including phenoxy) is 2. The van der Waals surface area contributed by atoms with Gasteiger partial charge in [0.15, 0.2) is 5.82 Å². The van der Waals surface area contributed by atoms with Crippen LogP contribution in [0.15, 0.2) is 12.4 Å². The zero-order valence-corrected chi connectivity index (χ0v) is 15.1. The van der Waals surface area contributed by atoms with Crippen molar-refractivity contribution in [2.45, 2.75) is 26.9 Å². The normalized spacial score (nSPS) is 9.85. The maximum atomic E-state index is 8.59. The molecule has 10 nitrogen and oxygen atoms in total. The minimum Gasteiger partial charge on any atom is -0.383 e. The summed E-state index contributed by atoms with van der Waals surface area (Å²) in [6.07, 6.45) is 3.08. The topological polar surface area (TPSA) is 154 Å². The van der Waals surface area contributed by atoms with Gasteiger partial charge in [-0.25, -0.2) is 4.68 Å². The standard InChI is InChI=1S/2C8H12N4O/c1-2-13-4-3-12-6-7(5-9)8(10)11-12;1-2-13-4-3-12-8(10)7(5-9)6-11-12/h6H,2-4H2,1H3,(H2,10,11);6H,2-4,10H2,1H3. The fourth-order valence-electron chi connectivity index (χ4n) is 1.89. The van der Waals surface area contributed by atoms with Crippen molar-refractivity contribution in [2.24, 2.45) is 0 Å². The van der Waals surface area contributed by atoms with Crippen LogP contribution in [0.2, 0.25) is 0 Å². The Morgan fingerprint density at radius 2 is 1.65 bits per heavy atom. The van der Waals surface area contributed by atoms with E-state index < -0.39 is 0 Å². The SMILES string of the molecule is CCOCCn1cc(C#N)c(N)n1.CCOCCn1ncc(C#N)c1N. The van der Waals surface area contributed by atoms with Gasteiger partial charge < -0.3 is 20.9 Å². The van der Waals surface area contributed by atoms with Gasteiger partial charge in [-0.05, 0) is 13.8 Å². The van der Waals surface area contributed by atoms with E-state index >= 15 is 0 Å². The lowest BCUT2D eigenvalue weighted by Crippen LogP contribution is -2.10. The molecular formula is C16H24N8O2. The lowest BCUT2D eigenvalue weighted by molar-refractivity contribution is 0.136. The Labute approximate surface area is 152 Å². The third-order valence-electron chi connectivity index (χ3n) is 3.23. The van der Waals surface area contributed by atoms with Gasteiger partial charge in [0, 0.05) is 19.4 Å². The number of anilines is 2. The highest BCUT2D eigenvalue weighted by atomic mass is 16.5. The lowest BCUT2D eigenvalue weighted by Gasteiger charge is -2.03. The number of hydrogen-bond donors (Lipinski definition) is 2. The Hall–Kier alpha value is -3.08. The molecule has 0 radical (unpaired) electrons. The summed E-state index contributed by atoms with van der Waals surface area (Å²) < 4.78 is 13.4. The molecule has 140 valence electrons. The summed E-state index contributed by atoms with van der Waals surface area (Å²) in [7, 11) is 0. The van der Waals surface area contributed by atoms with Gasteiger partial charge in [-0.3, -0.25) is 4.68 Å². The van der Waals surface area contributed by atoms with Gasteiger partial charge in [-0.1, -0.05) is 0 Å². The van der Waals surface area contributed by atoms with Crippen LogP contribution in [-0.2, 0) is 22.6 Å². The fourth-order valence-corrected chi connectivity index (χ4v) is 1.89. The van der Waals surface area contributed by atoms with Crippen molar-refractivity contribution in [3.05, 3.63) is 23.5 Å². The maximum absolute atomic E-state index is 8.59. The molecule has 0 aliphatic heterocycles. The highest BCUT2D eigenvalue weighted by molar-refractivity contribution is 5.47. The second-order valence-electron chi connectivity index (χ2n) is 4.98. The molecule has 0 aliphatic rings. The molecular weight excluding hydrogens is 336 g/mol. The van der Waals surface area contributed by atoms with E-state index in [0.29, 0.717) is 56.5 Å². The zero-order valence-electron chi connectivity index (χ0n) is 15.1. The van der Waals surface area contributed by atoms with E-state index in [1.807, 2.05) is 26.0 Å². The molecule has 0 fully saturated rings. The van der Waals surface area contributed by atoms with Crippen LogP contribution in [0.4, 0.5) is 11.6 Å². The van der Waals surface area contributed by atoms with E-state index in [0.717, 1.165) is 0 Å². The van der Waals surface area contributed by atoms with Crippen molar-refractivity contribution >= 4 is 11.6 Å². The first-order chi connectivity index (χ1) is 12.6. The molecule has 0 aliphatic carbocycles. The first-order valence-electron chi connectivity index (χ1n) is 8.17. The molecule has 2 aromatic heterocycles. The highest BCUT2D eigenvalue weighted by Gasteiger charge is 2.05. The summed E-state index contributed by atoms with van der Waals surface area (Å²) in [5, 5.41) is 25.1. The van der Waals surface area contributed by atoms with E-state index in [1.165, 1.54) is 6.20 Å². The van der Waals surface area contributed by atoms with Crippen molar-refractivity contribution in [1.82, 2.24) is 19.6 Å².